The Morgan fingerprint density at radius 1 is 0.920 bits per heavy atom. The van der Waals surface area contributed by atoms with Crippen LogP contribution in [0.1, 0.15) is 71.1 Å². The first-order chi connectivity index (χ1) is 11.9. The lowest BCUT2D eigenvalue weighted by atomic mass is 9.88. The molecule has 0 amide bonds. The molecular formula is C18H34O7. The second-order valence-electron chi connectivity index (χ2n) is 6.96. The minimum absolute atomic E-state index is 0.00432. The SMILES string of the molecule is CCCCCCCCCCCC(=O)[C@]1(O)O[C@H](CO)[C@@H](O)[C@H](O)[C@H]1O. The van der Waals surface area contributed by atoms with Crippen LogP contribution in [-0.2, 0) is 9.53 Å². The lowest BCUT2D eigenvalue weighted by Gasteiger charge is -2.44. The summed E-state index contributed by atoms with van der Waals surface area (Å²) in [6.07, 6.45) is 3.07. The molecule has 0 spiro atoms. The van der Waals surface area contributed by atoms with Gasteiger partial charge in [0, 0.05) is 6.42 Å². The number of hydrogen-bond donors (Lipinski definition) is 5. The van der Waals surface area contributed by atoms with Crippen LogP contribution >= 0.6 is 0 Å². The Hall–Kier alpha value is -0.570. The van der Waals surface area contributed by atoms with Crippen molar-refractivity contribution in [2.45, 2.75) is 101 Å². The minimum atomic E-state index is -2.59. The van der Waals surface area contributed by atoms with Gasteiger partial charge < -0.3 is 30.3 Å². The van der Waals surface area contributed by atoms with E-state index in [1.807, 2.05) is 0 Å². The van der Waals surface area contributed by atoms with Crippen LogP contribution in [0.2, 0.25) is 0 Å². The van der Waals surface area contributed by atoms with Gasteiger partial charge in [0.05, 0.1) is 6.61 Å². The van der Waals surface area contributed by atoms with Gasteiger partial charge in [0.1, 0.15) is 24.4 Å². The zero-order valence-electron chi connectivity index (χ0n) is 15.1. The van der Waals surface area contributed by atoms with Crippen molar-refractivity contribution in [1.82, 2.24) is 0 Å². The van der Waals surface area contributed by atoms with Gasteiger partial charge in [-0.15, -0.1) is 0 Å². The molecule has 7 nitrogen and oxygen atoms in total. The molecule has 1 aliphatic heterocycles. The van der Waals surface area contributed by atoms with Crippen molar-refractivity contribution in [1.29, 1.82) is 0 Å². The third-order valence-corrected chi connectivity index (χ3v) is 4.87. The fourth-order valence-corrected chi connectivity index (χ4v) is 3.16. The number of carbonyl (C=O) groups is 1. The highest BCUT2D eigenvalue weighted by molar-refractivity contribution is 5.86. The van der Waals surface area contributed by atoms with Crippen molar-refractivity contribution in [3.63, 3.8) is 0 Å². The van der Waals surface area contributed by atoms with Crippen LogP contribution in [0, 0.1) is 0 Å². The molecule has 5 N–H and O–H groups in total. The fraction of sp³-hybridized carbons (Fsp3) is 0.944. The molecule has 1 saturated heterocycles. The van der Waals surface area contributed by atoms with Crippen molar-refractivity contribution >= 4 is 5.78 Å². The number of hydrogen-bond acceptors (Lipinski definition) is 7. The maximum atomic E-state index is 12.2. The number of unbranched alkanes of at least 4 members (excludes halogenated alkanes) is 8. The number of ketones is 1. The number of aliphatic hydroxyl groups excluding tert-OH is 4. The van der Waals surface area contributed by atoms with E-state index in [-0.39, 0.29) is 6.42 Å². The maximum absolute atomic E-state index is 12.2. The van der Waals surface area contributed by atoms with Crippen molar-refractivity contribution in [2.24, 2.45) is 0 Å². The second-order valence-corrected chi connectivity index (χ2v) is 6.96. The largest absolute Gasteiger partial charge is 0.394 e. The molecule has 5 atom stereocenters. The summed E-state index contributed by atoms with van der Waals surface area (Å²) in [5.41, 5.74) is 0. The van der Waals surface area contributed by atoms with Gasteiger partial charge in [-0.3, -0.25) is 4.79 Å². The summed E-state index contributed by atoms with van der Waals surface area (Å²) in [7, 11) is 0. The molecule has 1 rings (SSSR count). The first-order valence-corrected chi connectivity index (χ1v) is 9.47. The smallest absolute Gasteiger partial charge is 0.256 e. The van der Waals surface area contributed by atoms with Gasteiger partial charge in [-0.2, -0.15) is 0 Å². The first-order valence-electron chi connectivity index (χ1n) is 9.47. The van der Waals surface area contributed by atoms with E-state index in [0.29, 0.717) is 6.42 Å². The van der Waals surface area contributed by atoms with E-state index in [0.717, 1.165) is 19.3 Å². The van der Waals surface area contributed by atoms with E-state index in [2.05, 4.69) is 6.92 Å². The van der Waals surface area contributed by atoms with E-state index in [9.17, 15) is 25.2 Å². The normalized spacial score (nSPS) is 32.7. The highest BCUT2D eigenvalue weighted by atomic mass is 16.7. The molecule has 7 heteroatoms. The van der Waals surface area contributed by atoms with Gasteiger partial charge >= 0.3 is 0 Å². The van der Waals surface area contributed by atoms with E-state index in [1.54, 1.807) is 0 Å². The zero-order valence-corrected chi connectivity index (χ0v) is 15.1. The summed E-state index contributed by atoms with van der Waals surface area (Å²) in [4.78, 5) is 12.2. The van der Waals surface area contributed by atoms with Gasteiger partial charge in [-0.1, -0.05) is 58.3 Å². The highest BCUT2D eigenvalue weighted by Crippen LogP contribution is 2.30. The van der Waals surface area contributed by atoms with Crippen molar-refractivity contribution in [2.75, 3.05) is 6.61 Å². The van der Waals surface area contributed by atoms with E-state index >= 15 is 0 Å². The number of Topliss-reactive ketones (excluding diaryl/α,β-unsaturated/α-hetero) is 1. The molecule has 0 unspecified atom stereocenters. The molecule has 148 valence electrons. The van der Waals surface area contributed by atoms with Crippen LogP contribution < -0.4 is 0 Å². The molecular weight excluding hydrogens is 328 g/mol. The summed E-state index contributed by atoms with van der Waals surface area (Å²) in [5.74, 6) is -3.33. The Morgan fingerprint density at radius 3 is 1.96 bits per heavy atom. The summed E-state index contributed by atoms with van der Waals surface area (Å²) in [5, 5.41) is 48.8. The molecule has 0 bridgehead atoms. The Balaban J connectivity index is 2.33. The van der Waals surface area contributed by atoms with Crippen molar-refractivity contribution in [3.05, 3.63) is 0 Å². The molecule has 0 aromatic carbocycles. The van der Waals surface area contributed by atoms with Crippen LogP contribution in [0.5, 0.6) is 0 Å². The van der Waals surface area contributed by atoms with Gasteiger partial charge in [0.25, 0.3) is 5.79 Å². The summed E-state index contributed by atoms with van der Waals surface area (Å²) in [6.45, 7) is 1.50. The molecule has 1 heterocycles. The van der Waals surface area contributed by atoms with Gasteiger partial charge in [0.2, 0.25) is 0 Å². The molecule has 0 radical (unpaired) electrons. The number of carbonyl (C=O) groups excluding carboxylic acids is 1. The molecule has 0 aromatic rings. The number of ether oxygens (including phenoxy) is 1. The van der Waals surface area contributed by atoms with Crippen LogP contribution in [0.25, 0.3) is 0 Å². The molecule has 0 saturated carbocycles. The van der Waals surface area contributed by atoms with Crippen LogP contribution in [0.4, 0.5) is 0 Å². The third kappa shape index (κ3) is 6.27. The highest BCUT2D eigenvalue weighted by Gasteiger charge is 2.56. The van der Waals surface area contributed by atoms with E-state index < -0.39 is 42.6 Å². The van der Waals surface area contributed by atoms with E-state index in [1.165, 1.54) is 32.1 Å². The van der Waals surface area contributed by atoms with Gasteiger partial charge in [0.15, 0.2) is 5.78 Å². The molecule has 1 aliphatic rings. The molecule has 1 fully saturated rings. The first kappa shape index (κ1) is 22.5. The predicted octanol–water partition coefficient (Wildman–Crippen LogP) is 0.639. The molecule has 25 heavy (non-hydrogen) atoms. The van der Waals surface area contributed by atoms with E-state index in [4.69, 9.17) is 9.84 Å². The quantitative estimate of drug-likeness (QED) is 0.322. The van der Waals surface area contributed by atoms with Crippen LogP contribution in [-0.4, -0.2) is 68.1 Å². The Kier molecular flexibility index (Phi) is 10.1. The van der Waals surface area contributed by atoms with Gasteiger partial charge in [-0.25, -0.2) is 0 Å². The summed E-state index contributed by atoms with van der Waals surface area (Å²) in [6, 6.07) is 0. The molecule has 0 aromatic heterocycles. The Morgan fingerprint density at radius 2 is 1.44 bits per heavy atom. The van der Waals surface area contributed by atoms with Crippen LogP contribution in [0.3, 0.4) is 0 Å². The fourth-order valence-electron chi connectivity index (χ4n) is 3.16. The van der Waals surface area contributed by atoms with Crippen molar-refractivity contribution in [3.8, 4) is 0 Å². The molecule has 0 aliphatic carbocycles. The average molecular weight is 362 g/mol. The Labute approximate surface area is 149 Å². The maximum Gasteiger partial charge on any atom is 0.256 e. The number of aliphatic hydroxyl groups is 5. The second kappa shape index (κ2) is 11.2. The monoisotopic (exact) mass is 362 g/mol. The zero-order chi connectivity index (χ0) is 18.9. The summed E-state index contributed by atoms with van der Waals surface area (Å²) >= 11 is 0. The standard InChI is InChI=1S/C18H34O7/c1-2-3-4-5-6-7-8-9-10-11-14(20)18(24)17(23)16(22)15(21)13(12-19)25-18/h13,15-17,19,21-24H,2-12H2,1H3/t13-,15-,16+,17-,18+/m1/s1. The topological polar surface area (TPSA) is 127 Å². The third-order valence-electron chi connectivity index (χ3n) is 4.87. The lowest BCUT2D eigenvalue weighted by Crippen LogP contribution is -2.68. The van der Waals surface area contributed by atoms with Crippen LogP contribution in [0.15, 0.2) is 0 Å². The number of rotatable bonds is 12. The minimum Gasteiger partial charge on any atom is -0.394 e. The Bertz CT molecular complexity index is 388. The van der Waals surface area contributed by atoms with Gasteiger partial charge in [-0.05, 0) is 6.42 Å². The average Bonchev–Trinajstić information content (AvgIpc) is 2.61. The van der Waals surface area contributed by atoms with Crippen molar-refractivity contribution < 1.29 is 35.1 Å². The summed E-state index contributed by atoms with van der Waals surface area (Å²) < 4.78 is 5.01. The predicted molar refractivity (Wildman–Crippen MR) is 91.8 cm³/mol. The lowest BCUT2D eigenvalue weighted by molar-refractivity contribution is -0.331.